The Morgan fingerprint density at radius 2 is 1.81 bits per heavy atom. The van der Waals surface area contributed by atoms with Crippen molar-refractivity contribution in [3.8, 4) is 5.75 Å². The van der Waals surface area contributed by atoms with Crippen LogP contribution in [0, 0.1) is 33.3 Å². The molecule has 0 aromatic heterocycles. The Hall–Kier alpha value is -2.11. The summed E-state index contributed by atoms with van der Waals surface area (Å²) in [6.45, 7) is 1.93. The maximum absolute atomic E-state index is 12.4. The fourth-order valence-electron chi connectivity index (χ4n) is 6.02. The summed E-state index contributed by atoms with van der Waals surface area (Å²) in [5.41, 5.74) is 0.123. The van der Waals surface area contributed by atoms with Crippen LogP contribution < -0.4 is 10.1 Å². The Kier molecular flexibility index (Phi) is 4.37. The molecular formula is C20H26N2O4. The van der Waals surface area contributed by atoms with E-state index in [9.17, 15) is 14.9 Å². The number of ether oxygens (including phenoxy) is 1. The SMILES string of the molecule is C[C@H](NC(=O)COc1ccccc1[N+](=O)[O-])C12CC3CC(CC(C3)C1)C2. The molecule has 26 heavy (non-hydrogen) atoms. The molecule has 1 atom stereocenters. The smallest absolute Gasteiger partial charge is 0.310 e. The highest BCUT2D eigenvalue weighted by molar-refractivity contribution is 5.78. The molecule has 0 spiro atoms. The average molecular weight is 358 g/mol. The summed E-state index contributed by atoms with van der Waals surface area (Å²) in [6.07, 6.45) is 7.81. The number of carbonyl (C=O) groups excluding carboxylic acids is 1. The largest absolute Gasteiger partial charge is 0.477 e. The Balaban J connectivity index is 1.36. The van der Waals surface area contributed by atoms with Gasteiger partial charge in [0.05, 0.1) is 4.92 Å². The molecule has 0 aliphatic heterocycles. The van der Waals surface area contributed by atoms with Gasteiger partial charge in [-0.1, -0.05) is 12.1 Å². The minimum Gasteiger partial charge on any atom is -0.477 e. The maximum Gasteiger partial charge on any atom is 0.310 e. The van der Waals surface area contributed by atoms with E-state index < -0.39 is 4.92 Å². The van der Waals surface area contributed by atoms with Crippen molar-refractivity contribution in [2.45, 2.75) is 51.5 Å². The van der Waals surface area contributed by atoms with Crippen LogP contribution in [-0.4, -0.2) is 23.5 Å². The molecule has 6 heteroatoms. The lowest BCUT2D eigenvalue weighted by Crippen LogP contribution is -2.56. The van der Waals surface area contributed by atoms with Gasteiger partial charge < -0.3 is 10.1 Å². The quantitative estimate of drug-likeness (QED) is 0.621. The first-order valence-corrected chi connectivity index (χ1v) is 9.61. The van der Waals surface area contributed by atoms with Gasteiger partial charge in [-0.15, -0.1) is 0 Å². The summed E-state index contributed by atoms with van der Waals surface area (Å²) in [5, 5.41) is 14.2. The number of nitro groups is 1. The van der Waals surface area contributed by atoms with Gasteiger partial charge in [0.15, 0.2) is 12.4 Å². The molecule has 5 rings (SSSR count). The minimum absolute atomic E-state index is 0.116. The highest BCUT2D eigenvalue weighted by atomic mass is 16.6. The van der Waals surface area contributed by atoms with Crippen molar-refractivity contribution >= 4 is 11.6 Å². The Bertz CT molecular complexity index is 682. The van der Waals surface area contributed by atoms with E-state index in [0.717, 1.165) is 17.8 Å². The number of nitrogens with one attached hydrogen (secondary N) is 1. The second-order valence-electron chi connectivity index (χ2n) is 8.58. The number of hydrogen-bond acceptors (Lipinski definition) is 4. The van der Waals surface area contributed by atoms with E-state index >= 15 is 0 Å². The van der Waals surface area contributed by atoms with Crippen molar-refractivity contribution in [3.05, 3.63) is 34.4 Å². The van der Waals surface area contributed by atoms with Gasteiger partial charge >= 0.3 is 5.69 Å². The van der Waals surface area contributed by atoms with Crippen LogP contribution in [0.25, 0.3) is 0 Å². The Labute approximate surface area is 153 Å². The number of hydrogen-bond donors (Lipinski definition) is 1. The second-order valence-corrected chi connectivity index (χ2v) is 8.58. The molecular weight excluding hydrogens is 332 g/mol. The van der Waals surface area contributed by atoms with Crippen LogP contribution in [0.1, 0.15) is 45.4 Å². The van der Waals surface area contributed by atoms with Gasteiger partial charge in [0, 0.05) is 12.1 Å². The third-order valence-corrected chi connectivity index (χ3v) is 6.80. The lowest BCUT2D eigenvalue weighted by molar-refractivity contribution is -0.385. The number of rotatable bonds is 6. The number of nitro benzene ring substituents is 1. The van der Waals surface area contributed by atoms with E-state index in [1.807, 2.05) is 0 Å². The fourth-order valence-corrected chi connectivity index (χ4v) is 6.02. The lowest BCUT2D eigenvalue weighted by Gasteiger charge is -2.59. The van der Waals surface area contributed by atoms with E-state index in [2.05, 4.69) is 12.2 Å². The van der Waals surface area contributed by atoms with Crippen LogP contribution in [0.3, 0.4) is 0 Å². The zero-order chi connectivity index (χ0) is 18.3. The van der Waals surface area contributed by atoms with E-state index in [0.29, 0.717) is 0 Å². The van der Waals surface area contributed by atoms with Crippen molar-refractivity contribution in [2.24, 2.45) is 23.2 Å². The molecule has 4 fully saturated rings. The molecule has 0 radical (unpaired) electrons. The number of amides is 1. The van der Waals surface area contributed by atoms with Gasteiger partial charge in [-0.2, -0.15) is 0 Å². The number of nitrogens with zero attached hydrogens (tertiary/aromatic N) is 1. The van der Waals surface area contributed by atoms with E-state index in [1.54, 1.807) is 12.1 Å². The van der Waals surface area contributed by atoms with Crippen molar-refractivity contribution in [1.29, 1.82) is 0 Å². The first-order chi connectivity index (χ1) is 12.4. The van der Waals surface area contributed by atoms with Gasteiger partial charge in [0.25, 0.3) is 5.91 Å². The monoisotopic (exact) mass is 358 g/mol. The summed E-state index contributed by atoms with van der Waals surface area (Å²) in [4.78, 5) is 22.9. The fraction of sp³-hybridized carbons (Fsp3) is 0.650. The third kappa shape index (κ3) is 3.17. The van der Waals surface area contributed by atoms with Crippen LogP contribution in [-0.2, 0) is 4.79 Å². The summed E-state index contributed by atoms with van der Waals surface area (Å²) < 4.78 is 5.43. The summed E-state index contributed by atoms with van der Waals surface area (Å²) in [5.74, 6) is 2.44. The predicted octanol–water partition coefficient (Wildman–Crippen LogP) is 3.69. The van der Waals surface area contributed by atoms with Gasteiger partial charge in [-0.25, -0.2) is 0 Å². The number of benzene rings is 1. The van der Waals surface area contributed by atoms with E-state index in [1.165, 1.54) is 50.7 Å². The topological polar surface area (TPSA) is 81.5 Å². The summed E-state index contributed by atoms with van der Waals surface area (Å²) >= 11 is 0. The number of carbonyl (C=O) groups is 1. The van der Waals surface area contributed by atoms with Gasteiger partial charge in [-0.05, 0) is 74.7 Å². The average Bonchev–Trinajstić information content (AvgIpc) is 2.59. The van der Waals surface area contributed by atoms with Gasteiger partial charge in [0.2, 0.25) is 0 Å². The first kappa shape index (κ1) is 17.3. The third-order valence-electron chi connectivity index (χ3n) is 6.80. The van der Waals surface area contributed by atoms with Crippen LogP contribution in [0.4, 0.5) is 5.69 Å². The molecule has 1 aromatic carbocycles. The molecule has 0 unspecified atom stereocenters. The molecule has 1 aromatic rings. The Morgan fingerprint density at radius 3 is 2.38 bits per heavy atom. The zero-order valence-electron chi connectivity index (χ0n) is 15.1. The molecule has 1 N–H and O–H groups in total. The van der Waals surface area contributed by atoms with Crippen molar-refractivity contribution in [3.63, 3.8) is 0 Å². The molecule has 0 heterocycles. The van der Waals surface area contributed by atoms with Gasteiger partial charge in [0.1, 0.15) is 0 Å². The van der Waals surface area contributed by atoms with Crippen LogP contribution in [0.15, 0.2) is 24.3 Å². The second kappa shape index (κ2) is 6.56. The molecule has 4 saturated carbocycles. The van der Waals surface area contributed by atoms with Gasteiger partial charge in [-0.3, -0.25) is 14.9 Å². The van der Waals surface area contributed by atoms with Crippen LogP contribution in [0.2, 0.25) is 0 Å². The van der Waals surface area contributed by atoms with Crippen molar-refractivity contribution < 1.29 is 14.5 Å². The first-order valence-electron chi connectivity index (χ1n) is 9.61. The van der Waals surface area contributed by atoms with Crippen molar-refractivity contribution in [2.75, 3.05) is 6.61 Å². The highest BCUT2D eigenvalue weighted by Crippen LogP contribution is 2.61. The molecule has 4 aliphatic rings. The van der Waals surface area contributed by atoms with Crippen LogP contribution in [0.5, 0.6) is 5.75 Å². The van der Waals surface area contributed by atoms with Crippen LogP contribution >= 0.6 is 0 Å². The number of para-hydroxylation sites is 2. The standard InChI is InChI=1S/C20H26N2O4/c1-13(20-9-14-6-15(10-20)8-16(7-14)11-20)21-19(23)12-26-18-5-3-2-4-17(18)22(24)25/h2-5,13-16H,6-12H2,1H3,(H,21,23)/t13-,14?,15?,16?,20?/m0/s1. The molecule has 140 valence electrons. The minimum atomic E-state index is -0.495. The zero-order valence-corrected chi connectivity index (χ0v) is 15.1. The van der Waals surface area contributed by atoms with E-state index in [-0.39, 0.29) is 35.4 Å². The molecule has 1 amide bonds. The molecule has 0 saturated heterocycles. The summed E-state index contributed by atoms with van der Waals surface area (Å²) in [6, 6.07) is 6.27. The maximum atomic E-state index is 12.4. The van der Waals surface area contributed by atoms with Crippen molar-refractivity contribution in [1.82, 2.24) is 5.32 Å². The highest BCUT2D eigenvalue weighted by Gasteiger charge is 2.53. The predicted molar refractivity (Wildman–Crippen MR) is 96.8 cm³/mol. The normalized spacial score (nSPS) is 32.9. The molecule has 6 nitrogen and oxygen atoms in total. The summed E-state index contributed by atoms with van der Waals surface area (Å²) in [7, 11) is 0. The molecule has 4 aliphatic carbocycles. The van der Waals surface area contributed by atoms with E-state index in [4.69, 9.17) is 4.74 Å². The lowest BCUT2D eigenvalue weighted by atomic mass is 9.48. The Morgan fingerprint density at radius 1 is 1.23 bits per heavy atom. The molecule has 4 bridgehead atoms.